The van der Waals surface area contributed by atoms with Gasteiger partial charge in [0.2, 0.25) is 11.8 Å². The fraction of sp³-hybridized carbons (Fsp3) is 0.200. The number of carbonyl (C=O) groups is 4. The number of nitrogens with one attached hydrogen (secondary N) is 4. The van der Waals surface area contributed by atoms with E-state index in [2.05, 4.69) is 21.3 Å². The Hall–Kier alpha value is -5.48. The molecular weight excluding hydrogens is 572 g/mol. The van der Waals surface area contributed by atoms with E-state index in [1.807, 2.05) is 60.7 Å². The molecule has 4 aromatic carbocycles. The van der Waals surface area contributed by atoms with Gasteiger partial charge in [-0.3, -0.25) is 19.2 Å². The second-order valence-electron chi connectivity index (χ2n) is 10.8. The summed E-state index contributed by atoms with van der Waals surface area (Å²) in [7, 11) is 0. The number of para-hydroxylation sites is 1. The van der Waals surface area contributed by atoms with Gasteiger partial charge < -0.3 is 31.1 Å². The van der Waals surface area contributed by atoms with Crippen molar-refractivity contribution in [2.24, 2.45) is 0 Å². The van der Waals surface area contributed by atoms with Gasteiger partial charge in [-0.05, 0) is 48.4 Å². The lowest BCUT2D eigenvalue weighted by molar-refractivity contribution is -0.139. The summed E-state index contributed by atoms with van der Waals surface area (Å²) in [5.74, 6) is -1.87. The van der Waals surface area contributed by atoms with Crippen LogP contribution in [-0.4, -0.2) is 40.8 Å². The summed E-state index contributed by atoms with van der Waals surface area (Å²) in [5, 5.41) is 22.1. The zero-order valence-corrected chi connectivity index (χ0v) is 24.7. The van der Waals surface area contributed by atoms with Crippen LogP contribution in [0.1, 0.15) is 40.4 Å². The molecule has 0 fully saturated rings. The van der Waals surface area contributed by atoms with Gasteiger partial charge in [0.1, 0.15) is 24.4 Å². The third-order valence-corrected chi connectivity index (χ3v) is 7.54. The maximum atomic E-state index is 13.4. The first-order valence-corrected chi connectivity index (χ1v) is 14.6. The van der Waals surface area contributed by atoms with Crippen molar-refractivity contribution < 1.29 is 29.0 Å². The van der Waals surface area contributed by atoms with Crippen LogP contribution >= 0.6 is 0 Å². The highest BCUT2D eigenvalue weighted by atomic mass is 16.5. The number of rotatable bonds is 12. The van der Waals surface area contributed by atoms with Crippen molar-refractivity contribution in [2.75, 3.05) is 5.32 Å². The van der Waals surface area contributed by atoms with Gasteiger partial charge in [0.25, 0.3) is 11.8 Å². The number of ether oxygens (including phenoxy) is 1. The van der Waals surface area contributed by atoms with Gasteiger partial charge in [0.05, 0.1) is 0 Å². The van der Waals surface area contributed by atoms with Gasteiger partial charge in [-0.1, -0.05) is 78.9 Å². The molecule has 10 nitrogen and oxygen atoms in total. The van der Waals surface area contributed by atoms with Crippen LogP contribution in [-0.2, 0) is 33.1 Å². The molecule has 10 heteroatoms. The third-order valence-electron chi connectivity index (χ3n) is 7.54. The molecule has 230 valence electrons. The lowest BCUT2D eigenvalue weighted by atomic mass is 9.88. The molecule has 1 heterocycles. The molecule has 0 bridgehead atoms. The molecule has 0 aliphatic carbocycles. The van der Waals surface area contributed by atoms with Crippen LogP contribution in [0.5, 0.6) is 5.75 Å². The Morgan fingerprint density at radius 3 is 2.11 bits per heavy atom. The quantitative estimate of drug-likeness (QED) is 0.167. The molecule has 4 aromatic rings. The van der Waals surface area contributed by atoms with Crippen molar-refractivity contribution in [3.05, 3.63) is 131 Å². The molecule has 3 atom stereocenters. The van der Waals surface area contributed by atoms with E-state index >= 15 is 0 Å². The summed E-state index contributed by atoms with van der Waals surface area (Å²) < 4.78 is 5.77. The van der Waals surface area contributed by atoms with Crippen LogP contribution in [0.4, 0.5) is 5.69 Å². The van der Waals surface area contributed by atoms with Gasteiger partial charge in [-0.2, -0.15) is 0 Å². The fourth-order valence-corrected chi connectivity index (χ4v) is 5.00. The van der Waals surface area contributed by atoms with Crippen molar-refractivity contribution >= 4 is 29.3 Å². The number of hydrogen-bond donors (Lipinski definition) is 5. The molecule has 0 saturated carbocycles. The Labute approximate surface area is 260 Å². The average molecular weight is 607 g/mol. The van der Waals surface area contributed by atoms with E-state index in [0.717, 1.165) is 11.1 Å². The fourth-order valence-electron chi connectivity index (χ4n) is 5.00. The first-order valence-electron chi connectivity index (χ1n) is 14.6. The molecule has 5 N–H and O–H groups in total. The van der Waals surface area contributed by atoms with Gasteiger partial charge in [-0.15, -0.1) is 0 Å². The number of benzene rings is 4. The van der Waals surface area contributed by atoms with E-state index in [1.165, 1.54) is 6.92 Å². The van der Waals surface area contributed by atoms with Gasteiger partial charge >= 0.3 is 0 Å². The standard InChI is InChI=1S/C35H34N4O6/c1-23(37-32(41)26-16-18-27(19-17-26)45-22-25-12-6-3-7-13-25)31(40)38-30(33(42)36-21-24-10-4-2-5-11-24)20-35(44)28-14-8-9-15-29(28)39-34(35)43/h2-19,23,30,44H,20-22H2,1H3,(H,36,42)(H,37,41)(H,38,40)(H,39,43)/t23-,30-,35+/m0/s1. The highest BCUT2D eigenvalue weighted by Gasteiger charge is 2.48. The zero-order valence-electron chi connectivity index (χ0n) is 24.7. The summed E-state index contributed by atoms with van der Waals surface area (Å²) >= 11 is 0. The van der Waals surface area contributed by atoms with E-state index in [1.54, 1.807) is 48.5 Å². The topological polar surface area (TPSA) is 146 Å². The second kappa shape index (κ2) is 13.9. The number of aliphatic hydroxyl groups is 1. The molecule has 0 spiro atoms. The Balaban J connectivity index is 1.24. The first kappa shape index (κ1) is 31.0. The molecule has 0 saturated heterocycles. The number of amides is 4. The summed E-state index contributed by atoms with van der Waals surface area (Å²) in [6.07, 6.45) is -0.423. The maximum absolute atomic E-state index is 13.4. The van der Waals surface area contributed by atoms with E-state index in [-0.39, 0.29) is 6.54 Å². The van der Waals surface area contributed by atoms with E-state index in [4.69, 9.17) is 4.74 Å². The van der Waals surface area contributed by atoms with Gasteiger partial charge in [0.15, 0.2) is 5.60 Å². The molecular formula is C35H34N4O6. The van der Waals surface area contributed by atoms with Crippen molar-refractivity contribution in [1.29, 1.82) is 0 Å². The average Bonchev–Trinajstić information content (AvgIpc) is 3.32. The zero-order chi connectivity index (χ0) is 31.8. The van der Waals surface area contributed by atoms with Crippen LogP contribution in [0.3, 0.4) is 0 Å². The minimum atomic E-state index is -2.06. The van der Waals surface area contributed by atoms with E-state index in [0.29, 0.717) is 29.2 Å². The summed E-state index contributed by atoms with van der Waals surface area (Å²) in [6.45, 7) is 2.03. The maximum Gasteiger partial charge on any atom is 0.261 e. The van der Waals surface area contributed by atoms with E-state index < -0.39 is 47.7 Å². The molecule has 0 radical (unpaired) electrons. The third kappa shape index (κ3) is 7.54. The predicted molar refractivity (Wildman–Crippen MR) is 168 cm³/mol. The molecule has 5 rings (SSSR count). The molecule has 0 unspecified atom stereocenters. The highest BCUT2D eigenvalue weighted by Crippen LogP contribution is 2.39. The second-order valence-corrected chi connectivity index (χ2v) is 10.8. The molecule has 0 aromatic heterocycles. The molecule has 1 aliphatic rings. The minimum Gasteiger partial charge on any atom is -0.489 e. The minimum absolute atomic E-state index is 0.171. The SMILES string of the molecule is C[C@H](NC(=O)c1ccc(OCc2ccccc2)cc1)C(=O)N[C@@H](C[C@]1(O)C(=O)Nc2ccccc21)C(=O)NCc1ccccc1. The number of fused-ring (bicyclic) bond motifs is 1. The van der Waals surface area contributed by atoms with Crippen molar-refractivity contribution in [1.82, 2.24) is 16.0 Å². The number of hydrogen-bond acceptors (Lipinski definition) is 6. The van der Waals surface area contributed by atoms with Crippen molar-refractivity contribution in [3.63, 3.8) is 0 Å². The lowest BCUT2D eigenvalue weighted by Gasteiger charge is -2.28. The Morgan fingerprint density at radius 1 is 0.800 bits per heavy atom. The highest BCUT2D eigenvalue weighted by molar-refractivity contribution is 6.05. The van der Waals surface area contributed by atoms with Crippen LogP contribution < -0.4 is 26.0 Å². The predicted octanol–water partition coefficient (Wildman–Crippen LogP) is 3.42. The smallest absolute Gasteiger partial charge is 0.261 e. The van der Waals surface area contributed by atoms with Crippen LogP contribution in [0.25, 0.3) is 0 Å². The van der Waals surface area contributed by atoms with Crippen LogP contribution in [0.15, 0.2) is 109 Å². The normalized spacial score (nSPS) is 16.4. The largest absolute Gasteiger partial charge is 0.489 e. The lowest BCUT2D eigenvalue weighted by Crippen LogP contribution is -2.55. The van der Waals surface area contributed by atoms with Crippen LogP contribution in [0.2, 0.25) is 0 Å². The molecule has 45 heavy (non-hydrogen) atoms. The summed E-state index contributed by atoms with van der Waals surface area (Å²) in [6, 6.07) is 29.7. The number of carbonyl (C=O) groups excluding carboxylic acids is 4. The van der Waals surface area contributed by atoms with Crippen molar-refractivity contribution in [2.45, 2.75) is 44.2 Å². The monoisotopic (exact) mass is 606 g/mol. The molecule has 1 aliphatic heterocycles. The van der Waals surface area contributed by atoms with Gasteiger partial charge in [0, 0.05) is 29.8 Å². The van der Waals surface area contributed by atoms with E-state index in [9.17, 15) is 24.3 Å². The Bertz CT molecular complexity index is 1660. The number of anilines is 1. The van der Waals surface area contributed by atoms with Crippen LogP contribution in [0, 0.1) is 0 Å². The van der Waals surface area contributed by atoms with Crippen molar-refractivity contribution in [3.8, 4) is 5.75 Å². The Morgan fingerprint density at radius 2 is 1.42 bits per heavy atom. The summed E-state index contributed by atoms with van der Waals surface area (Å²) in [4.78, 5) is 52.5. The first-order chi connectivity index (χ1) is 21.7. The summed E-state index contributed by atoms with van der Waals surface area (Å²) in [5.41, 5.74) is 0.828. The van der Waals surface area contributed by atoms with Gasteiger partial charge in [-0.25, -0.2) is 0 Å². The Kier molecular flexibility index (Phi) is 9.54. The molecule has 4 amide bonds.